The first-order chi connectivity index (χ1) is 7.31. The van der Waals surface area contributed by atoms with Crippen LogP contribution < -0.4 is 0 Å². The topological polar surface area (TPSA) is 74.8 Å². The number of H-pyrrole nitrogens is 1. The number of carbonyl (C=O) groups excluding carboxylic acids is 1. The minimum absolute atomic E-state index is 0.113. The average Bonchev–Trinajstić information content (AvgIpc) is 2.88. The fourth-order valence-electron chi connectivity index (χ4n) is 1.55. The molecule has 1 N–H and O–H groups in total. The number of aromatic nitrogens is 4. The van der Waals surface area contributed by atoms with Gasteiger partial charge in [-0.15, -0.1) is 10.2 Å². The lowest BCUT2D eigenvalue weighted by molar-refractivity contribution is 0.0735. The molecule has 0 radical (unpaired) electrons. The highest BCUT2D eigenvalue weighted by atomic mass is 16.2. The van der Waals surface area contributed by atoms with Crippen LogP contribution in [0.3, 0.4) is 0 Å². The van der Waals surface area contributed by atoms with Gasteiger partial charge in [0.25, 0.3) is 11.7 Å². The second-order valence-electron chi connectivity index (χ2n) is 3.93. The predicted molar refractivity (Wildman–Crippen MR) is 53.1 cm³/mol. The van der Waals surface area contributed by atoms with Crippen molar-refractivity contribution >= 4 is 5.91 Å². The summed E-state index contributed by atoms with van der Waals surface area (Å²) in [5.41, 5.74) is 0. The molecule has 0 aromatic carbocycles. The summed E-state index contributed by atoms with van der Waals surface area (Å²) in [7, 11) is 0. The van der Waals surface area contributed by atoms with Crippen LogP contribution in [-0.2, 0) is 0 Å². The van der Waals surface area contributed by atoms with Gasteiger partial charge >= 0.3 is 0 Å². The van der Waals surface area contributed by atoms with E-state index in [2.05, 4.69) is 27.5 Å². The second-order valence-corrected chi connectivity index (χ2v) is 3.93. The lowest BCUT2D eigenvalue weighted by atomic mass is 10.3. The first-order valence-corrected chi connectivity index (χ1v) is 5.34. The average molecular weight is 209 g/mol. The lowest BCUT2D eigenvalue weighted by Gasteiger charge is -2.19. The van der Waals surface area contributed by atoms with Gasteiger partial charge in [-0.05, 0) is 30.4 Å². The van der Waals surface area contributed by atoms with Crippen molar-refractivity contribution < 1.29 is 4.79 Å². The van der Waals surface area contributed by atoms with E-state index in [1.165, 1.54) is 12.8 Å². The zero-order valence-corrected chi connectivity index (χ0v) is 8.81. The first-order valence-electron chi connectivity index (χ1n) is 5.34. The van der Waals surface area contributed by atoms with E-state index in [9.17, 15) is 4.79 Å². The van der Waals surface area contributed by atoms with Crippen LogP contribution in [0.1, 0.15) is 36.8 Å². The summed E-state index contributed by atoms with van der Waals surface area (Å²) in [5.74, 6) is 0.744. The Morgan fingerprint density at radius 2 is 2.40 bits per heavy atom. The molecule has 1 fully saturated rings. The van der Waals surface area contributed by atoms with E-state index in [4.69, 9.17) is 0 Å². The largest absolute Gasteiger partial charge is 0.336 e. The van der Waals surface area contributed by atoms with E-state index >= 15 is 0 Å². The van der Waals surface area contributed by atoms with Gasteiger partial charge in [0, 0.05) is 13.1 Å². The third-order valence-corrected chi connectivity index (χ3v) is 2.49. The molecule has 1 aromatic heterocycles. The minimum atomic E-state index is -0.113. The van der Waals surface area contributed by atoms with Crippen molar-refractivity contribution in [1.82, 2.24) is 25.5 Å². The number of hydrogen-bond acceptors (Lipinski definition) is 4. The zero-order valence-electron chi connectivity index (χ0n) is 8.81. The van der Waals surface area contributed by atoms with Crippen LogP contribution in [0.2, 0.25) is 0 Å². The molecule has 6 heteroatoms. The maximum Gasteiger partial charge on any atom is 0.295 e. The highest BCUT2D eigenvalue weighted by Gasteiger charge is 2.28. The predicted octanol–water partition coefficient (Wildman–Crippen LogP) is 0.462. The molecule has 1 aromatic rings. The number of hydrogen-bond donors (Lipinski definition) is 1. The van der Waals surface area contributed by atoms with Crippen molar-refractivity contribution in [2.45, 2.75) is 26.2 Å². The van der Waals surface area contributed by atoms with Crippen LogP contribution in [-0.4, -0.2) is 44.5 Å². The quantitative estimate of drug-likeness (QED) is 0.764. The van der Waals surface area contributed by atoms with Gasteiger partial charge in [0.05, 0.1) is 0 Å². The van der Waals surface area contributed by atoms with Crippen LogP contribution in [0, 0.1) is 5.92 Å². The molecule has 0 saturated heterocycles. The smallest absolute Gasteiger partial charge is 0.295 e. The molecule has 0 atom stereocenters. The van der Waals surface area contributed by atoms with Gasteiger partial charge < -0.3 is 4.90 Å². The summed E-state index contributed by atoms with van der Waals surface area (Å²) in [5, 5.41) is 13.1. The SMILES string of the molecule is CCCN(CC1CC1)C(=O)c1nn[nH]n1. The Balaban J connectivity index is 1.99. The molecule has 0 bridgehead atoms. The van der Waals surface area contributed by atoms with Gasteiger partial charge in [-0.3, -0.25) is 4.79 Å². The van der Waals surface area contributed by atoms with Gasteiger partial charge in [0.1, 0.15) is 0 Å². The lowest BCUT2D eigenvalue weighted by Crippen LogP contribution is -2.34. The summed E-state index contributed by atoms with van der Waals surface area (Å²) in [4.78, 5) is 13.7. The molecule has 6 nitrogen and oxygen atoms in total. The van der Waals surface area contributed by atoms with Crippen molar-refractivity contribution in [3.63, 3.8) is 0 Å². The Morgan fingerprint density at radius 1 is 1.60 bits per heavy atom. The van der Waals surface area contributed by atoms with Crippen LogP contribution in [0.25, 0.3) is 0 Å². The molecule has 1 saturated carbocycles. The van der Waals surface area contributed by atoms with Crippen molar-refractivity contribution in [3.05, 3.63) is 5.82 Å². The van der Waals surface area contributed by atoms with E-state index in [-0.39, 0.29) is 11.7 Å². The molecular formula is C9H15N5O. The Bertz CT molecular complexity index is 319. The second kappa shape index (κ2) is 4.37. The number of tetrazole rings is 1. The zero-order chi connectivity index (χ0) is 10.7. The van der Waals surface area contributed by atoms with Crippen LogP contribution >= 0.6 is 0 Å². The summed E-state index contributed by atoms with van der Waals surface area (Å²) in [6.07, 6.45) is 3.43. The first kappa shape index (κ1) is 10.1. The van der Waals surface area contributed by atoms with E-state index in [1.807, 2.05) is 4.90 Å². The molecule has 2 rings (SSSR count). The van der Waals surface area contributed by atoms with Crippen molar-refractivity contribution in [3.8, 4) is 0 Å². The molecule has 0 spiro atoms. The molecule has 1 aliphatic carbocycles. The number of nitrogens with one attached hydrogen (secondary N) is 1. The number of aromatic amines is 1. The number of rotatable bonds is 5. The Kier molecular flexibility index (Phi) is 2.94. The molecule has 0 aliphatic heterocycles. The van der Waals surface area contributed by atoms with E-state index in [0.717, 1.165) is 19.5 Å². The monoisotopic (exact) mass is 209 g/mol. The summed E-state index contributed by atoms with van der Waals surface area (Å²) < 4.78 is 0. The van der Waals surface area contributed by atoms with E-state index < -0.39 is 0 Å². The molecule has 15 heavy (non-hydrogen) atoms. The van der Waals surface area contributed by atoms with Gasteiger partial charge in [0.15, 0.2) is 0 Å². The summed E-state index contributed by atoms with van der Waals surface area (Å²) in [6.45, 7) is 3.66. The van der Waals surface area contributed by atoms with Gasteiger partial charge in [0.2, 0.25) is 0 Å². The summed E-state index contributed by atoms with van der Waals surface area (Å²) in [6, 6.07) is 0. The number of carbonyl (C=O) groups is 1. The van der Waals surface area contributed by atoms with E-state index in [0.29, 0.717) is 5.92 Å². The minimum Gasteiger partial charge on any atom is -0.336 e. The van der Waals surface area contributed by atoms with Crippen molar-refractivity contribution in [1.29, 1.82) is 0 Å². The molecule has 1 heterocycles. The molecule has 82 valence electrons. The number of amides is 1. The normalized spacial score (nSPS) is 15.3. The maximum absolute atomic E-state index is 11.9. The fraction of sp³-hybridized carbons (Fsp3) is 0.778. The highest BCUT2D eigenvalue weighted by Crippen LogP contribution is 2.29. The van der Waals surface area contributed by atoms with Gasteiger partial charge in [-0.25, -0.2) is 0 Å². The van der Waals surface area contributed by atoms with Gasteiger partial charge in [-0.1, -0.05) is 6.92 Å². The maximum atomic E-state index is 11.9. The molecule has 1 aliphatic rings. The standard InChI is InChI=1S/C9H15N5O/c1-2-5-14(6-7-3-4-7)9(15)8-10-12-13-11-8/h7H,2-6H2,1H3,(H,10,11,12,13). The number of nitrogens with zero attached hydrogens (tertiary/aromatic N) is 4. The van der Waals surface area contributed by atoms with Crippen LogP contribution in [0.15, 0.2) is 0 Å². The highest BCUT2D eigenvalue weighted by molar-refractivity contribution is 5.90. The molecule has 0 unspecified atom stereocenters. The van der Waals surface area contributed by atoms with Crippen LogP contribution in [0.5, 0.6) is 0 Å². The Labute approximate surface area is 88.0 Å². The Hall–Kier alpha value is -1.46. The molecular weight excluding hydrogens is 194 g/mol. The molecule has 1 amide bonds. The fourth-order valence-corrected chi connectivity index (χ4v) is 1.55. The third kappa shape index (κ3) is 2.51. The van der Waals surface area contributed by atoms with Crippen molar-refractivity contribution in [2.75, 3.05) is 13.1 Å². The van der Waals surface area contributed by atoms with Crippen LogP contribution in [0.4, 0.5) is 0 Å². The van der Waals surface area contributed by atoms with Gasteiger partial charge in [-0.2, -0.15) is 5.21 Å². The Morgan fingerprint density at radius 3 is 2.93 bits per heavy atom. The summed E-state index contributed by atoms with van der Waals surface area (Å²) >= 11 is 0. The van der Waals surface area contributed by atoms with E-state index in [1.54, 1.807) is 0 Å². The van der Waals surface area contributed by atoms with Crippen molar-refractivity contribution in [2.24, 2.45) is 5.92 Å². The third-order valence-electron chi connectivity index (χ3n) is 2.49.